The second-order valence-corrected chi connectivity index (χ2v) is 6.83. The fraction of sp³-hybridized carbons (Fsp3) is 0.200. The predicted octanol–water partition coefficient (Wildman–Crippen LogP) is 6.11. The number of benzene rings is 3. The molecule has 1 aliphatic heterocycles. The van der Waals surface area contributed by atoms with Crippen LogP contribution in [0, 0.1) is 5.82 Å². The first-order chi connectivity index (χ1) is 13.7. The van der Waals surface area contributed by atoms with Crippen molar-refractivity contribution in [2.75, 3.05) is 13.2 Å². The number of hydrogen-bond acceptors (Lipinski definition) is 2. The topological polar surface area (TPSA) is 18.5 Å². The van der Waals surface area contributed by atoms with Gasteiger partial charge in [0.15, 0.2) is 6.29 Å². The van der Waals surface area contributed by atoms with Gasteiger partial charge in [0, 0.05) is 5.56 Å². The van der Waals surface area contributed by atoms with Gasteiger partial charge in [-0.2, -0.15) is 0 Å². The molecule has 3 aromatic rings. The molecule has 0 bridgehead atoms. The Balaban J connectivity index is 1.51. The van der Waals surface area contributed by atoms with Gasteiger partial charge in [-0.3, -0.25) is 0 Å². The Bertz CT molecular complexity index is 953. The van der Waals surface area contributed by atoms with E-state index in [1.165, 1.54) is 11.1 Å². The molecule has 0 aliphatic carbocycles. The van der Waals surface area contributed by atoms with E-state index in [-0.39, 0.29) is 12.1 Å². The Labute approximate surface area is 165 Å². The van der Waals surface area contributed by atoms with Crippen LogP contribution < -0.4 is 0 Å². The minimum atomic E-state index is -0.377. The van der Waals surface area contributed by atoms with Gasteiger partial charge in [0.25, 0.3) is 0 Å². The SMILES string of the molecule is CCc1ccc(-c2ccc(-c3ccc(C=CC4OCCO4)c(F)c3)cc2)cc1. The van der Waals surface area contributed by atoms with Crippen LogP contribution in [0.3, 0.4) is 0 Å². The van der Waals surface area contributed by atoms with Gasteiger partial charge >= 0.3 is 0 Å². The Morgan fingerprint density at radius 2 is 1.36 bits per heavy atom. The van der Waals surface area contributed by atoms with Gasteiger partial charge in [-0.1, -0.05) is 73.7 Å². The third-order valence-electron chi connectivity index (χ3n) is 4.99. The smallest absolute Gasteiger partial charge is 0.177 e. The molecule has 3 heteroatoms. The standard InChI is InChI=1S/C25H23FO2/c1-2-18-3-5-19(6-4-18)20-7-9-21(10-8-20)23-12-11-22(24(26)17-23)13-14-25-27-15-16-28-25/h3-14,17,25H,2,15-16H2,1H3. The third kappa shape index (κ3) is 4.22. The molecule has 28 heavy (non-hydrogen) atoms. The highest BCUT2D eigenvalue weighted by atomic mass is 19.1. The van der Waals surface area contributed by atoms with E-state index in [0.29, 0.717) is 18.8 Å². The number of ether oxygens (including phenoxy) is 2. The molecule has 1 aliphatic rings. The van der Waals surface area contributed by atoms with E-state index in [9.17, 15) is 4.39 Å². The van der Waals surface area contributed by atoms with E-state index >= 15 is 0 Å². The van der Waals surface area contributed by atoms with Crippen LogP contribution in [0.15, 0.2) is 72.8 Å². The molecule has 0 amide bonds. The molecule has 142 valence electrons. The summed E-state index contributed by atoms with van der Waals surface area (Å²) in [5.41, 5.74) is 6.04. The molecule has 3 aromatic carbocycles. The summed E-state index contributed by atoms with van der Waals surface area (Å²) in [5, 5.41) is 0. The molecule has 2 nitrogen and oxygen atoms in total. The van der Waals surface area contributed by atoms with Gasteiger partial charge in [0.1, 0.15) is 5.82 Å². The second-order valence-electron chi connectivity index (χ2n) is 6.83. The minimum Gasteiger partial charge on any atom is -0.347 e. The van der Waals surface area contributed by atoms with E-state index < -0.39 is 0 Å². The molecule has 1 saturated heterocycles. The Morgan fingerprint density at radius 1 is 0.821 bits per heavy atom. The van der Waals surface area contributed by atoms with Gasteiger partial charge in [-0.25, -0.2) is 4.39 Å². The van der Waals surface area contributed by atoms with Crippen molar-refractivity contribution in [3.8, 4) is 22.3 Å². The van der Waals surface area contributed by atoms with Gasteiger partial charge in [0.05, 0.1) is 13.2 Å². The van der Waals surface area contributed by atoms with E-state index in [1.807, 2.05) is 18.2 Å². The summed E-state index contributed by atoms with van der Waals surface area (Å²) >= 11 is 0. The lowest BCUT2D eigenvalue weighted by molar-refractivity contribution is -0.000912. The van der Waals surface area contributed by atoms with Crippen LogP contribution in [0.5, 0.6) is 0 Å². The Hall–Kier alpha value is -2.75. The van der Waals surface area contributed by atoms with Gasteiger partial charge in [-0.05, 0) is 46.4 Å². The van der Waals surface area contributed by atoms with Crippen molar-refractivity contribution in [3.05, 3.63) is 89.8 Å². The number of rotatable bonds is 5. The van der Waals surface area contributed by atoms with Crippen molar-refractivity contribution < 1.29 is 13.9 Å². The summed E-state index contributed by atoms with van der Waals surface area (Å²) < 4.78 is 25.2. The lowest BCUT2D eigenvalue weighted by Crippen LogP contribution is -2.01. The van der Waals surface area contributed by atoms with Crippen LogP contribution in [-0.4, -0.2) is 19.5 Å². The molecule has 1 fully saturated rings. The molecule has 0 N–H and O–H groups in total. The largest absolute Gasteiger partial charge is 0.347 e. The van der Waals surface area contributed by atoms with Crippen LogP contribution >= 0.6 is 0 Å². The first kappa shape index (κ1) is 18.6. The van der Waals surface area contributed by atoms with Gasteiger partial charge < -0.3 is 9.47 Å². The third-order valence-corrected chi connectivity index (χ3v) is 4.99. The molecule has 0 radical (unpaired) electrons. The maximum absolute atomic E-state index is 14.5. The average Bonchev–Trinajstić information content (AvgIpc) is 3.27. The van der Waals surface area contributed by atoms with Crippen molar-refractivity contribution in [2.45, 2.75) is 19.6 Å². The highest BCUT2D eigenvalue weighted by molar-refractivity contribution is 5.71. The zero-order valence-electron chi connectivity index (χ0n) is 15.9. The van der Waals surface area contributed by atoms with Crippen LogP contribution in [-0.2, 0) is 15.9 Å². The fourth-order valence-electron chi connectivity index (χ4n) is 3.30. The zero-order valence-corrected chi connectivity index (χ0v) is 15.9. The van der Waals surface area contributed by atoms with Crippen molar-refractivity contribution >= 4 is 6.08 Å². The molecular formula is C25H23FO2. The molecule has 0 unspecified atom stereocenters. The summed E-state index contributed by atoms with van der Waals surface area (Å²) in [6, 6.07) is 22.1. The molecule has 0 spiro atoms. The van der Waals surface area contributed by atoms with Crippen molar-refractivity contribution in [1.82, 2.24) is 0 Å². The first-order valence-corrected chi connectivity index (χ1v) is 9.63. The summed E-state index contributed by atoms with van der Waals surface area (Å²) in [7, 11) is 0. The van der Waals surface area contributed by atoms with Gasteiger partial charge in [-0.15, -0.1) is 0 Å². The molecule has 1 heterocycles. The van der Waals surface area contributed by atoms with Crippen LogP contribution in [0.1, 0.15) is 18.1 Å². The molecule has 0 aromatic heterocycles. The van der Waals surface area contributed by atoms with Crippen molar-refractivity contribution in [1.29, 1.82) is 0 Å². The van der Waals surface area contributed by atoms with Gasteiger partial charge in [0.2, 0.25) is 0 Å². The summed E-state index contributed by atoms with van der Waals surface area (Å²) in [6.45, 7) is 3.31. The van der Waals surface area contributed by atoms with E-state index in [4.69, 9.17) is 9.47 Å². The normalized spacial score (nSPS) is 14.8. The van der Waals surface area contributed by atoms with E-state index in [0.717, 1.165) is 23.1 Å². The lowest BCUT2D eigenvalue weighted by atomic mass is 9.98. The maximum Gasteiger partial charge on any atom is 0.177 e. The quantitative estimate of drug-likeness (QED) is 0.536. The van der Waals surface area contributed by atoms with Crippen LogP contribution in [0.25, 0.3) is 28.3 Å². The Kier molecular flexibility index (Phi) is 5.65. The minimum absolute atomic E-state index is 0.258. The monoisotopic (exact) mass is 374 g/mol. The number of aryl methyl sites for hydroxylation is 1. The lowest BCUT2D eigenvalue weighted by Gasteiger charge is -2.07. The molecule has 0 atom stereocenters. The highest BCUT2D eigenvalue weighted by Gasteiger charge is 2.12. The van der Waals surface area contributed by atoms with Crippen LogP contribution in [0.2, 0.25) is 0 Å². The number of halogens is 1. The Morgan fingerprint density at radius 3 is 1.93 bits per heavy atom. The summed E-state index contributed by atoms with van der Waals surface area (Å²) in [6.07, 6.45) is 4.11. The fourth-order valence-corrected chi connectivity index (χ4v) is 3.30. The van der Waals surface area contributed by atoms with Crippen molar-refractivity contribution in [3.63, 3.8) is 0 Å². The summed E-state index contributed by atoms with van der Waals surface area (Å²) in [5.74, 6) is -0.258. The molecule has 0 saturated carbocycles. The average molecular weight is 374 g/mol. The predicted molar refractivity (Wildman–Crippen MR) is 111 cm³/mol. The van der Waals surface area contributed by atoms with E-state index in [1.54, 1.807) is 24.3 Å². The second kappa shape index (κ2) is 8.51. The maximum atomic E-state index is 14.5. The first-order valence-electron chi connectivity index (χ1n) is 9.63. The van der Waals surface area contributed by atoms with Crippen LogP contribution in [0.4, 0.5) is 4.39 Å². The zero-order chi connectivity index (χ0) is 19.3. The molecule has 4 rings (SSSR count). The highest BCUT2D eigenvalue weighted by Crippen LogP contribution is 2.27. The molecular weight excluding hydrogens is 351 g/mol. The van der Waals surface area contributed by atoms with E-state index in [2.05, 4.69) is 43.3 Å². The van der Waals surface area contributed by atoms with Crippen molar-refractivity contribution in [2.24, 2.45) is 0 Å². The summed E-state index contributed by atoms with van der Waals surface area (Å²) in [4.78, 5) is 0. The number of hydrogen-bond donors (Lipinski definition) is 0.